The van der Waals surface area contributed by atoms with Crippen molar-refractivity contribution in [3.63, 3.8) is 0 Å². The molecule has 1 heterocycles. The Hall–Kier alpha value is -1.75. The molecular formula is C12H9F3O2. The Bertz CT molecular complexity index is 497. The van der Waals surface area contributed by atoms with Crippen molar-refractivity contribution in [2.24, 2.45) is 0 Å². The number of benzene rings is 1. The first-order chi connectivity index (χ1) is 8.00. The predicted octanol–water partition coefficient (Wildman–Crippen LogP) is 3.46. The molecule has 0 aliphatic carbocycles. The highest BCUT2D eigenvalue weighted by atomic mass is 19.4. The lowest BCUT2D eigenvalue weighted by Crippen LogP contribution is -2.03. The quantitative estimate of drug-likeness (QED) is 0.874. The summed E-state index contributed by atoms with van der Waals surface area (Å²) in [6, 6.07) is 7.85. The van der Waals surface area contributed by atoms with Crippen LogP contribution in [0.3, 0.4) is 0 Å². The minimum absolute atomic E-state index is 0.235. The largest absolute Gasteiger partial charge is 0.459 e. The van der Waals surface area contributed by atoms with Crippen LogP contribution in [0.25, 0.3) is 11.3 Å². The molecule has 1 N–H and O–H groups in total. The second-order valence-electron chi connectivity index (χ2n) is 3.50. The highest BCUT2D eigenvalue weighted by Gasteiger charge is 2.30. The third kappa shape index (κ3) is 2.50. The van der Waals surface area contributed by atoms with E-state index in [9.17, 15) is 13.2 Å². The number of hydrogen-bond donors (Lipinski definition) is 1. The Kier molecular flexibility index (Phi) is 2.93. The zero-order valence-corrected chi connectivity index (χ0v) is 8.66. The molecule has 2 aromatic rings. The van der Waals surface area contributed by atoms with E-state index >= 15 is 0 Å². The topological polar surface area (TPSA) is 33.4 Å². The molecule has 0 amide bonds. The van der Waals surface area contributed by atoms with Gasteiger partial charge in [0.05, 0.1) is 5.56 Å². The van der Waals surface area contributed by atoms with Gasteiger partial charge in [-0.15, -0.1) is 0 Å². The molecule has 2 nitrogen and oxygen atoms in total. The third-order valence-corrected chi connectivity index (χ3v) is 2.31. The Labute approximate surface area is 95.3 Å². The van der Waals surface area contributed by atoms with E-state index in [-0.39, 0.29) is 6.61 Å². The normalized spacial score (nSPS) is 11.8. The van der Waals surface area contributed by atoms with Gasteiger partial charge in [0, 0.05) is 5.56 Å². The molecule has 0 aliphatic rings. The highest BCUT2D eigenvalue weighted by molar-refractivity contribution is 5.58. The lowest BCUT2D eigenvalue weighted by atomic mass is 10.1. The smallest absolute Gasteiger partial charge is 0.416 e. The molecule has 2 rings (SSSR count). The van der Waals surface area contributed by atoms with E-state index in [1.807, 2.05) is 0 Å². The van der Waals surface area contributed by atoms with Crippen molar-refractivity contribution in [1.29, 1.82) is 0 Å². The van der Waals surface area contributed by atoms with Gasteiger partial charge in [-0.2, -0.15) is 13.2 Å². The average molecular weight is 242 g/mol. The first kappa shape index (κ1) is 11.7. The van der Waals surface area contributed by atoms with Crippen LogP contribution < -0.4 is 0 Å². The van der Waals surface area contributed by atoms with E-state index in [0.717, 1.165) is 12.1 Å². The summed E-state index contributed by atoms with van der Waals surface area (Å²) in [5, 5.41) is 8.81. The average Bonchev–Trinajstić information content (AvgIpc) is 2.76. The van der Waals surface area contributed by atoms with Gasteiger partial charge in [-0.1, -0.05) is 12.1 Å². The first-order valence-electron chi connectivity index (χ1n) is 4.88. The highest BCUT2D eigenvalue weighted by Crippen LogP contribution is 2.31. The van der Waals surface area contributed by atoms with E-state index in [2.05, 4.69) is 0 Å². The molecule has 0 aliphatic heterocycles. The number of aliphatic hydroxyl groups excluding tert-OH is 1. The summed E-state index contributed by atoms with van der Waals surface area (Å²) >= 11 is 0. The van der Waals surface area contributed by atoms with Crippen molar-refractivity contribution in [1.82, 2.24) is 0 Å². The van der Waals surface area contributed by atoms with Crippen LogP contribution in [0, 0.1) is 0 Å². The van der Waals surface area contributed by atoms with Crippen LogP contribution >= 0.6 is 0 Å². The Balaban J connectivity index is 2.29. The Morgan fingerprint density at radius 1 is 1.00 bits per heavy atom. The third-order valence-electron chi connectivity index (χ3n) is 2.31. The number of aliphatic hydroxyl groups is 1. The van der Waals surface area contributed by atoms with Gasteiger partial charge in [-0.05, 0) is 24.3 Å². The molecule has 0 bridgehead atoms. The van der Waals surface area contributed by atoms with E-state index in [4.69, 9.17) is 9.52 Å². The van der Waals surface area contributed by atoms with E-state index in [1.54, 1.807) is 12.1 Å². The van der Waals surface area contributed by atoms with E-state index in [0.29, 0.717) is 17.1 Å². The van der Waals surface area contributed by atoms with Gasteiger partial charge in [0.25, 0.3) is 0 Å². The molecule has 5 heteroatoms. The second kappa shape index (κ2) is 4.25. The van der Waals surface area contributed by atoms with Crippen LogP contribution in [0.4, 0.5) is 13.2 Å². The van der Waals surface area contributed by atoms with Gasteiger partial charge < -0.3 is 9.52 Å². The molecule has 0 atom stereocenters. The van der Waals surface area contributed by atoms with Crippen molar-refractivity contribution < 1.29 is 22.7 Å². The number of hydrogen-bond acceptors (Lipinski definition) is 2. The molecule has 1 aromatic heterocycles. The van der Waals surface area contributed by atoms with Crippen LogP contribution in [0.15, 0.2) is 40.8 Å². The summed E-state index contributed by atoms with van der Waals surface area (Å²) < 4.78 is 42.2. The van der Waals surface area contributed by atoms with Crippen molar-refractivity contribution in [2.75, 3.05) is 0 Å². The van der Waals surface area contributed by atoms with Gasteiger partial charge in [-0.3, -0.25) is 0 Å². The lowest BCUT2D eigenvalue weighted by molar-refractivity contribution is -0.137. The minimum atomic E-state index is -4.34. The predicted molar refractivity (Wildman–Crippen MR) is 55.1 cm³/mol. The Morgan fingerprint density at radius 2 is 1.65 bits per heavy atom. The zero-order valence-electron chi connectivity index (χ0n) is 8.66. The fourth-order valence-electron chi connectivity index (χ4n) is 1.44. The number of alkyl halides is 3. The molecule has 0 fully saturated rings. The lowest BCUT2D eigenvalue weighted by Gasteiger charge is -2.06. The second-order valence-corrected chi connectivity index (χ2v) is 3.50. The monoisotopic (exact) mass is 242 g/mol. The van der Waals surface area contributed by atoms with Gasteiger partial charge in [0.2, 0.25) is 0 Å². The minimum Gasteiger partial charge on any atom is -0.459 e. The first-order valence-corrected chi connectivity index (χ1v) is 4.88. The maximum Gasteiger partial charge on any atom is 0.416 e. The van der Waals surface area contributed by atoms with Gasteiger partial charge in [0.1, 0.15) is 18.1 Å². The van der Waals surface area contributed by atoms with Crippen molar-refractivity contribution in [3.8, 4) is 11.3 Å². The molecule has 0 saturated heterocycles. The van der Waals surface area contributed by atoms with Gasteiger partial charge >= 0.3 is 6.18 Å². The van der Waals surface area contributed by atoms with Gasteiger partial charge in [-0.25, -0.2) is 0 Å². The summed E-state index contributed by atoms with van der Waals surface area (Å²) in [6.45, 7) is -0.235. The maximum atomic E-state index is 12.3. The molecule has 17 heavy (non-hydrogen) atoms. The molecule has 0 saturated carbocycles. The van der Waals surface area contributed by atoms with Crippen molar-refractivity contribution in [3.05, 3.63) is 47.7 Å². The van der Waals surface area contributed by atoms with Crippen LogP contribution in [0.5, 0.6) is 0 Å². The van der Waals surface area contributed by atoms with E-state index in [1.165, 1.54) is 12.1 Å². The van der Waals surface area contributed by atoms with Crippen molar-refractivity contribution in [2.45, 2.75) is 12.8 Å². The fourth-order valence-corrected chi connectivity index (χ4v) is 1.44. The molecule has 0 unspecified atom stereocenters. The van der Waals surface area contributed by atoms with Crippen LogP contribution in [-0.4, -0.2) is 5.11 Å². The zero-order chi connectivity index (χ0) is 12.5. The molecule has 1 aromatic carbocycles. The SMILES string of the molecule is OCc1ccc(-c2ccc(C(F)(F)F)cc2)o1. The maximum absolute atomic E-state index is 12.3. The van der Waals surface area contributed by atoms with Crippen molar-refractivity contribution >= 4 is 0 Å². The number of rotatable bonds is 2. The van der Waals surface area contributed by atoms with Crippen LogP contribution in [-0.2, 0) is 12.8 Å². The summed E-state index contributed by atoms with van der Waals surface area (Å²) in [7, 11) is 0. The van der Waals surface area contributed by atoms with E-state index < -0.39 is 11.7 Å². The summed E-state index contributed by atoms with van der Waals surface area (Å²) in [5.74, 6) is 0.808. The molecular weight excluding hydrogens is 233 g/mol. The van der Waals surface area contributed by atoms with Gasteiger partial charge in [0.15, 0.2) is 0 Å². The standard InChI is InChI=1S/C12H9F3O2/c13-12(14,15)9-3-1-8(2-4-9)11-6-5-10(7-16)17-11/h1-6,16H,7H2. The number of furan rings is 1. The van der Waals surface area contributed by atoms with Crippen LogP contribution in [0.1, 0.15) is 11.3 Å². The summed E-state index contributed by atoms with van der Waals surface area (Å²) in [6.07, 6.45) is -4.34. The Morgan fingerprint density at radius 3 is 2.12 bits per heavy atom. The van der Waals surface area contributed by atoms with Crippen LogP contribution in [0.2, 0.25) is 0 Å². The molecule has 90 valence electrons. The summed E-state index contributed by atoms with van der Waals surface area (Å²) in [4.78, 5) is 0. The fraction of sp³-hybridized carbons (Fsp3) is 0.167. The summed E-state index contributed by atoms with van der Waals surface area (Å²) in [5.41, 5.74) is -0.159. The number of halogens is 3. The molecule has 0 spiro atoms. The molecule has 0 radical (unpaired) electrons.